The molecule has 5 aromatic rings. The number of carbonyl (C=O) groups excluding carboxylic acids is 4. The minimum absolute atomic E-state index is 0.0343. The number of hydrogen-bond donors (Lipinski definition) is 4. The summed E-state index contributed by atoms with van der Waals surface area (Å²) in [5.41, 5.74) is 6.50. The van der Waals surface area contributed by atoms with Crippen LogP contribution in [0.25, 0.3) is 44.2 Å². The number of carbonyl (C=O) groups is 4. The van der Waals surface area contributed by atoms with Gasteiger partial charge in [-0.1, -0.05) is 25.1 Å². The molecule has 0 unspecified atom stereocenters. The first-order chi connectivity index (χ1) is 33.6. The molecule has 4 aliphatic heterocycles. The van der Waals surface area contributed by atoms with Gasteiger partial charge in [0.05, 0.1) is 74.1 Å². The maximum atomic E-state index is 14.5. The van der Waals surface area contributed by atoms with Crippen molar-refractivity contribution in [2.45, 2.75) is 161 Å². The zero-order chi connectivity index (χ0) is 49.5. The second-order valence-electron chi connectivity index (χ2n) is 20.2. The molecule has 3 aromatic carbocycles. The van der Waals surface area contributed by atoms with Gasteiger partial charge >= 0.3 is 12.2 Å². The summed E-state index contributed by atoms with van der Waals surface area (Å²) < 4.78 is 28.4. The lowest BCUT2D eigenvalue weighted by Crippen LogP contribution is -2.56. The number of imidazole rings is 2. The number of likely N-dealkylation sites (tertiary alicyclic amines) is 1. The number of nitrogens with zero attached hydrogens (tertiary/aromatic N) is 4. The summed E-state index contributed by atoms with van der Waals surface area (Å²) in [6.45, 7) is 14.7. The Morgan fingerprint density at radius 3 is 2.14 bits per heavy atom. The highest BCUT2D eigenvalue weighted by Gasteiger charge is 2.45. The Labute approximate surface area is 409 Å². The van der Waals surface area contributed by atoms with Crippen LogP contribution >= 0.6 is 0 Å². The molecule has 3 saturated heterocycles. The third-order valence-corrected chi connectivity index (χ3v) is 15.1. The highest BCUT2D eigenvalue weighted by atomic mass is 16.5. The zero-order valence-electron chi connectivity index (χ0n) is 41.8. The van der Waals surface area contributed by atoms with E-state index in [-0.39, 0.29) is 72.7 Å². The molecule has 2 aromatic heterocycles. The number of H-pyrrole nitrogens is 2. The van der Waals surface area contributed by atoms with Crippen LogP contribution in [0.2, 0.25) is 0 Å². The molecule has 0 spiro atoms. The van der Waals surface area contributed by atoms with Gasteiger partial charge in [-0.25, -0.2) is 19.6 Å². The van der Waals surface area contributed by atoms with Gasteiger partial charge in [-0.3, -0.25) is 9.59 Å². The van der Waals surface area contributed by atoms with Crippen LogP contribution in [0.3, 0.4) is 0 Å². The number of alkyl carbamates (subject to hydrolysis) is 2. The Morgan fingerprint density at radius 1 is 0.829 bits per heavy atom. The number of rotatable bonds is 12. The molecule has 70 heavy (non-hydrogen) atoms. The van der Waals surface area contributed by atoms with Crippen LogP contribution in [-0.4, -0.2) is 117 Å². The normalized spacial score (nSPS) is 25.5. The van der Waals surface area contributed by atoms with Crippen molar-refractivity contribution in [3.8, 4) is 28.1 Å². The van der Waals surface area contributed by atoms with Gasteiger partial charge in [-0.2, -0.15) is 0 Å². The van der Waals surface area contributed by atoms with Crippen molar-refractivity contribution in [1.82, 2.24) is 40.4 Å². The van der Waals surface area contributed by atoms with E-state index < -0.39 is 24.3 Å². The monoisotopic (exact) mass is 961 g/mol. The number of aromatic nitrogens is 4. The summed E-state index contributed by atoms with van der Waals surface area (Å²) in [4.78, 5) is 74.9. The van der Waals surface area contributed by atoms with Crippen molar-refractivity contribution < 1.29 is 42.9 Å². The van der Waals surface area contributed by atoms with E-state index >= 15 is 0 Å². The molecule has 0 saturated carbocycles. The molecule has 17 heteroatoms. The smallest absolute Gasteiger partial charge is 0.407 e. The van der Waals surface area contributed by atoms with Crippen LogP contribution in [-0.2, 0) is 41.7 Å². The lowest BCUT2D eigenvalue weighted by atomic mass is 9.85. The topological polar surface area (TPSA) is 202 Å². The van der Waals surface area contributed by atoms with E-state index in [2.05, 4.69) is 63.9 Å². The van der Waals surface area contributed by atoms with Crippen LogP contribution < -0.4 is 15.4 Å². The minimum Gasteiger partial charge on any atom is -0.488 e. The van der Waals surface area contributed by atoms with Crippen LogP contribution in [0, 0.1) is 11.8 Å². The van der Waals surface area contributed by atoms with Crippen molar-refractivity contribution in [1.29, 1.82) is 0 Å². The van der Waals surface area contributed by atoms with Gasteiger partial charge in [-0.15, -0.1) is 0 Å². The summed E-state index contributed by atoms with van der Waals surface area (Å²) >= 11 is 0. The van der Waals surface area contributed by atoms with Gasteiger partial charge in [0.25, 0.3) is 0 Å². The van der Waals surface area contributed by atoms with Gasteiger partial charge < -0.3 is 54.1 Å². The molecule has 4 aliphatic rings. The van der Waals surface area contributed by atoms with Gasteiger partial charge in [-0.05, 0) is 145 Å². The predicted octanol–water partition coefficient (Wildman–Crippen LogP) is 8.70. The third kappa shape index (κ3) is 9.78. The lowest BCUT2D eigenvalue weighted by Gasteiger charge is -2.39. The molecule has 9 rings (SSSR count). The molecular formula is C53H68N8O9. The highest BCUT2D eigenvalue weighted by Crippen LogP contribution is 2.44. The maximum absolute atomic E-state index is 14.5. The quantitative estimate of drug-likeness (QED) is 0.0932. The Morgan fingerprint density at radius 2 is 1.49 bits per heavy atom. The number of amides is 4. The molecule has 0 bridgehead atoms. The number of nitrogens with one attached hydrogen (secondary N) is 4. The van der Waals surface area contributed by atoms with E-state index in [9.17, 15) is 19.2 Å². The molecule has 9 atom stereocenters. The molecule has 374 valence electrons. The largest absolute Gasteiger partial charge is 0.488 e. The fourth-order valence-corrected chi connectivity index (χ4v) is 11.6. The van der Waals surface area contributed by atoms with Crippen molar-refractivity contribution >= 4 is 45.8 Å². The number of methoxy groups -OCH3 is 2. The van der Waals surface area contributed by atoms with Crippen LogP contribution in [0.15, 0.2) is 48.7 Å². The molecule has 4 N–H and O–H groups in total. The Bertz CT molecular complexity index is 2730. The third-order valence-electron chi connectivity index (χ3n) is 15.1. The van der Waals surface area contributed by atoms with E-state index in [1.165, 1.54) is 14.2 Å². The number of ether oxygens (including phenoxy) is 5. The molecule has 4 amide bonds. The van der Waals surface area contributed by atoms with Crippen molar-refractivity contribution in [3.05, 3.63) is 65.9 Å². The van der Waals surface area contributed by atoms with E-state index in [4.69, 9.17) is 33.7 Å². The first kappa shape index (κ1) is 48.8. The average Bonchev–Trinajstić information content (AvgIpc) is 4.10. The maximum Gasteiger partial charge on any atom is 0.407 e. The second-order valence-corrected chi connectivity index (χ2v) is 20.2. The highest BCUT2D eigenvalue weighted by molar-refractivity contribution is 6.07. The minimum atomic E-state index is -0.780. The fraction of sp³-hybridized carbons (Fsp3) is 0.547. The molecule has 0 aliphatic carbocycles. The molecule has 3 fully saturated rings. The number of fused-ring (bicyclic) bond motifs is 6. The molecule has 0 radical (unpaired) electrons. The van der Waals surface area contributed by atoms with E-state index in [1.54, 1.807) is 0 Å². The summed E-state index contributed by atoms with van der Waals surface area (Å²) in [6.07, 6.45) is 5.24. The Kier molecular flexibility index (Phi) is 14.1. The van der Waals surface area contributed by atoms with Gasteiger partial charge in [0.1, 0.15) is 36.1 Å². The average molecular weight is 961 g/mol. The van der Waals surface area contributed by atoms with Crippen LogP contribution in [0.5, 0.6) is 5.75 Å². The predicted molar refractivity (Wildman–Crippen MR) is 264 cm³/mol. The van der Waals surface area contributed by atoms with Crippen molar-refractivity contribution in [2.75, 3.05) is 14.2 Å². The van der Waals surface area contributed by atoms with Gasteiger partial charge in [0.2, 0.25) is 11.8 Å². The SMILES string of the molecule is CC[C@H](C)N(Cc1nc2ccc3cc4c(cc3c2[nH]1)OCc1cc(-c2cnc([C@@H]3CC[C@H](C)N3C(=O)[C@@H](NC(=O)OC)C3C[C@@H](C)O[C@H](C)C3)[nH]2)ccc1-4)C(=O)[C@@H](NC(=O)OC)C1C[C@@H](C)O[C@H](C)C1. The van der Waals surface area contributed by atoms with E-state index in [0.29, 0.717) is 50.4 Å². The van der Waals surface area contributed by atoms with Gasteiger partial charge in [0.15, 0.2) is 0 Å². The first-order valence-electron chi connectivity index (χ1n) is 25.0. The summed E-state index contributed by atoms with van der Waals surface area (Å²) in [7, 11) is 2.62. The van der Waals surface area contributed by atoms with Crippen molar-refractivity contribution in [2.24, 2.45) is 11.8 Å². The molecule has 6 heterocycles. The van der Waals surface area contributed by atoms with Crippen LogP contribution in [0.4, 0.5) is 9.59 Å². The van der Waals surface area contributed by atoms with Crippen LogP contribution in [0.1, 0.15) is 117 Å². The summed E-state index contributed by atoms with van der Waals surface area (Å²) in [5.74, 6) is 1.57. The first-order valence-corrected chi connectivity index (χ1v) is 25.0. The number of benzene rings is 3. The van der Waals surface area contributed by atoms with Crippen molar-refractivity contribution in [3.63, 3.8) is 0 Å². The standard InChI is InChI=1S/C53H68N8O9/c1-10-27(2)60(50(62)46(58-52(64)66-8)35-17-29(4)69-30(5)18-35)25-45-55-41-15-13-33-22-40-38-14-12-34(21-37(38)26-68-44(40)23-39(33)48(41)57-45)42-24-54-49(56-42)43-16-11-28(3)61(43)51(63)47(59-53(65)67-9)36-19-31(6)70-32(7)20-36/h12-15,21-24,27-32,35-36,43,46-47H,10-11,16-20,25-26H2,1-9H3,(H,54,56)(H,55,57)(H,58,64)(H,59,65)/t27-,28-,29+,30+,31+,32+,43-,46-,47-/m0/s1. The Balaban J connectivity index is 0.947. The second kappa shape index (κ2) is 20.3. The number of hydrogen-bond acceptors (Lipinski definition) is 11. The van der Waals surface area contributed by atoms with E-state index in [0.717, 1.165) is 68.3 Å². The summed E-state index contributed by atoms with van der Waals surface area (Å²) in [6, 6.07) is 12.6. The van der Waals surface area contributed by atoms with E-state index in [1.807, 2.05) is 63.6 Å². The molecular weight excluding hydrogens is 893 g/mol. The lowest BCUT2D eigenvalue weighted by molar-refractivity contribution is -0.141. The van der Waals surface area contributed by atoms with Gasteiger partial charge in [0, 0.05) is 23.0 Å². The molecule has 17 nitrogen and oxygen atoms in total. The number of aromatic amines is 2. The summed E-state index contributed by atoms with van der Waals surface area (Å²) in [5, 5.41) is 7.72. The fourth-order valence-electron chi connectivity index (χ4n) is 11.6. The zero-order valence-corrected chi connectivity index (χ0v) is 41.8. The Hall–Kier alpha value is -6.20.